The Hall–Kier alpha value is -1.97. The van der Waals surface area contributed by atoms with Gasteiger partial charge in [-0.15, -0.1) is 0 Å². The zero-order valence-corrected chi connectivity index (χ0v) is 14.8. The number of carbonyl (C=O) groups is 2. The molecule has 0 aliphatic heterocycles. The molecule has 0 bridgehead atoms. The van der Waals surface area contributed by atoms with E-state index in [4.69, 9.17) is 4.74 Å². The second-order valence-electron chi connectivity index (χ2n) is 4.90. The fourth-order valence-electron chi connectivity index (χ4n) is 1.70. The Kier molecular flexibility index (Phi) is 7.83. The molecule has 0 saturated heterocycles. The van der Waals surface area contributed by atoms with E-state index >= 15 is 0 Å². The highest BCUT2D eigenvalue weighted by Crippen LogP contribution is 2.16. The average molecular weight is 358 g/mol. The highest BCUT2D eigenvalue weighted by Gasteiger charge is 2.22. The van der Waals surface area contributed by atoms with Gasteiger partial charge in [0.15, 0.2) is 6.61 Å². The Bertz CT molecular complexity index is 674. The Morgan fingerprint density at radius 1 is 1.29 bits per heavy atom. The highest BCUT2D eigenvalue weighted by atomic mass is 32.2. The molecule has 0 atom stereocenters. The number of hydrogen-bond acceptors (Lipinski definition) is 6. The van der Waals surface area contributed by atoms with Gasteiger partial charge in [0.05, 0.1) is 17.6 Å². The number of benzene rings is 1. The van der Waals surface area contributed by atoms with Crippen molar-refractivity contribution in [1.29, 1.82) is 0 Å². The topological polar surface area (TPSA) is 102 Å². The quantitative estimate of drug-likeness (QED) is 0.400. The summed E-state index contributed by atoms with van der Waals surface area (Å²) < 4.78 is 29.8. The smallest absolute Gasteiger partial charge is 0.338 e. The van der Waals surface area contributed by atoms with Crippen molar-refractivity contribution in [3.05, 3.63) is 29.8 Å². The van der Waals surface area contributed by atoms with Gasteiger partial charge in [0.2, 0.25) is 0 Å². The SMILES string of the molecule is CCCCNC(=O)COC(=O)c1cccc(S(=O)(=O)N(C)OC)c1. The minimum Gasteiger partial charge on any atom is -0.452 e. The first-order valence-corrected chi connectivity index (χ1v) is 8.83. The molecule has 0 aliphatic carbocycles. The van der Waals surface area contributed by atoms with Crippen LogP contribution >= 0.6 is 0 Å². The first-order valence-electron chi connectivity index (χ1n) is 7.39. The first kappa shape index (κ1) is 20.1. The maximum Gasteiger partial charge on any atom is 0.338 e. The Morgan fingerprint density at radius 3 is 2.62 bits per heavy atom. The van der Waals surface area contributed by atoms with Crippen LogP contribution in [-0.4, -0.2) is 52.1 Å². The zero-order chi connectivity index (χ0) is 18.2. The van der Waals surface area contributed by atoms with Crippen LogP contribution in [0.1, 0.15) is 30.1 Å². The molecule has 1 aromatic rings. The van der Waals surface area contributed by atoms with Crippen LogP contribution < -0.4 is 5.32 Å². The van der Waals surface area contributed by atoms with E-state index in [2.05, 4.69) is 10.2 Å². The molecule has 9 heteroatoms. The minimum atomic E-state index is -3.87. The molecule has 1 aromatic carbocycles. The van der Waals surface area contributed by atoms with Gasteiger partial charge in [0, 0.05) is 13.6 Å². The molecule has 0 aliphatic rings. The average Bonchev–Trinajstić information content (AvgIpc) is 2.59. The van der Waals surface area contributed by atoms with E-state index in [9.17, 15) is 18.0 Å². The lowest BCUT2D eigenvalue weighted by molar-refractivity contribution is -0.124. The van der Waals surface area contributed by atoms with Crippen molar-refractivity contribution >= 4 is 21.9 Å². The van der Waals surface area contributed by atoms with Crippen molar-refractivity contribution in [2.24, 2.45) is 0 Å². The molecule has 1 rings (SSSR count). The Labute approximate surface area is 141 Å². The van der Waals surface area contributed by atoms with E-state index in [0.29, 0.717) is 11.0 Å². The van der Waals surface area contributed by atoms with Crippen molar-refractivity contribution < 1.29 is 27.6 Å². The van der Waals surface area contributed by atoms with E-state index < -0.39 is 28.5 Å². The van der Waals surface area contributed by atoms with Gasteiger partial charge in [-0.1, -0.05) is 23.9 Å². The number of sulfonamides is 1. The summed E-state index contributed by atoms with van der Waals surface area (Å²) in [6.45, 7) is 2.09. The number of carbonyl (C=O) groups excluding carboxylic acids is 2. The van der Waals surface area contributed by atoms with Gasteiger partial charge in [-0.2, -0.15) is 0 Å². The van der Waals surface area contributed by atoms with Gasteiger partial charge in [0.1, 0.15) is 0 Å². The monoisotopic (exact) mass is 358 g/mol. The third-order valence-electron chi connectivity index (χ3n) is 3.15. The molecule has 24 heavy (non-hydrogen) atoms. The van der Waals surface area contributed by atoms with E-state index in [0.717, 1.165) is 12.8 Å². The van der Waals surface area contributed by atoms with Crippen LogP contribution in [0.4, 0.5) is 0 Å². The number of hydrogen-bond donors (Lipinski definition) is 1. The van der Waals surface area contributed by atoms with E-state index in [1.54, 1.807) is 0 Å². The summed E-state index contributed by atoms with van der Waals surface area (Å²) >= 11 is 0. The summed E-state index contributed by atoms with van der Waals surface area (Å²) in [5, 5.41) is 2.61. The Balaban J connectivity index is 2.73. The molecule has 0 radical (unpaired) electrons. The number of rotatable bonds is 9. The lowest BCUT2D eigenvalue weighted by Crippen LogP contribution is -2.29. The second-order valence-corrected chi connectivity index (χ2v) is 6.84. The molecule has 0 aromatic heterocycles. The predicted molar refractivity (Wildman–Crippen MR) is 86.6 cm³/mol. The zero-order valence-electron chi connectivity index (χ0n) is 13.9. The molecule has 0 fully saturated rings. The molecule has 1 amide bonds. The maximum absolute atomic E-state index is 12.1. The van der Waals surface area contributed by atoms with Crippen LogP contribution in [-0.2, 0) is 24.4 Å². The molecule has 134 valence electrons. The molecule has 1 N–H and O–H groups in total. The van der Waals surface area contributed by atoms with Crippen LogP contribution in [0.5, 0.6) is 0 Å². The van der Waals surface area contributed by atoms with Gasteiger partial charge in [-0.3, -0.25) is 9.63 Å². The summed E-state index contributed by atoms with van der Waals surface area (Å²) in [4.78, 5) is 28.0. The molecular weight excluding hydrogens is 336 g/mol. The summed E-state index contributed by atoms with van der Waals surface area (Å²) in [5.74, 6) is -1.18. The van der Waals surface area contributed by atoms with Gasteiger partial charge >= 0.3 is 5.97 Å². The van der Waals surface area contributed by atoms with Crippen molar-refractivity contribution in [2.45, 2.75) is 24.7 Å². The normalized spacial score (nSPS) is 11.3. The largest absolute Gasteiger partial charge is 0.452 e. The fraction of sp³-hybridized carbons (Fsp3) is 0.467. The van der Waals surface area contributed by atoms with Crippen LogP contribution in [0.2, 0.25) is 0 Å². The Morgan fingerprint density at radius 2 is 2.00 bits per heavy atom. The van der Waals surface area contributed by atoms with E-state index in [1.165, 1.54) is 38.4 Å². The van der Waals surface area contributed by atoms with Crippen LogP contribution in [0.25, 0.3) is 0 Å². The number of amides is 1. The second kappa shape index (κ2) is 9.36. The fourth-order valence-corrected chi connectivity index (χ4v) is 2.72. The van der Waals surface area contributed by atoms with Gasteiger partial charge in [-0.25, -0.2) is 13.2 Å². The van der Waals surface area contributed by atoms with Crippen LogP contribution in [0.15, 0.2) is 29.2 Å². The van der Waals surface area contributed by atoms with Gasteiger partial charge in [0.25, 0.3) is 15.9 Å². The molecular formula is C15H22N2O6S. The maximum atomic E-state index is 12.1. The molecule has 0 spiro atoms. The lowest BCUT2D eigenvalue weighted by atomic mass is 10.2. The molecule has 0 heterocycles. The predicted octanol–water partition coefficient (Wildman–Crippen LogP) is 0.942. The van der Waals surface area contributed by atoms with Gasteiger partial charge < -0.3 is 10.1 Å². The number of nitrogens with zero attached hydrogens (tertiary/aromatic N) is 1. The molecule has 0 saturated carbocycles. The van der Waals surface area contributed by atoms with Crippen molar-refractivity contribution in [3.63, 3.8) is 0 Å². The van der Waals surface area contributed by atoms with Crippen LogP contribution in [0, 0.1) is 0 Å². The van der Waals surface area contributed by atoms with Crippen molar-refractivity contribution in [3.8, 4) is 0 Å². The lowest BCUT2D eigenvalue weighted by Gasteiger charge is -2.14. The number of hydroxylamine groups is 1. The summed E-state index contributed by atoms with van der Waals surface area (Å²) in [5.41, 5.74) is 0.0296. The van der Waals surface area contributed by atoms with Crippen LogP contribution in [0.3, 0.4) is 0 Å². The third kappa shape index (κ3) is 5.59. The molecule has 8 nitrogen and oxygen atoms in total. The van der Waals surface area contributed by atoms with E-state index in [1.807, 2.05) is 6.92 Å². The third-order valence-corrected chi connectivity index (χ3v) is 4.83. The number of ether oxygens (including phenoxy) is 1. The number of esters is 1. The summed E-state index contributed by atoms with van der Waals surface area (Å²) in [6, 6.07) is 5.32. The summed E-state index contributed by atoms with van der Waals surface area (Å²) in [7, 11) is -1.42. The van der Waals surface area contributed by atoms with Crippen molar-refractivity contribution in [1.82, 2.24) is 9.79 Å². The summed E-state index contributed by atoms with van der Waals surface area (Å²) in [6.07, 6.45) is 1.78. The van der Waals surface area contributed by atoms with Gasteiger partial charge in [-0.05, 0) is 24.6 Å². The molecule has 0 unspecified atom stereocenters. The number of nitrogens with one attached hydrogen (secondary N) is 1. The number of unbranched alkanes of at least 4 members (excludes halogenated alkanes) is 1. The standard InChI is InChI=1S/C15H22N2O6S/c1-4-5-9-16-14(18)11-23-15(19)12-7-6-8-13(10-12)24(20,21)17(2)22-3/h6-8,10H,4-5,9,11H2,1-3H3,(H,16,18). The minimum absolute atomic E-state index is 0.0296. The first-order chi connectivity index (χ1) is 11.3. The highest BCUT2D eigenvalue weighted by molar-refractivity contribution is 7.89. The van der Waals surface area contributed by atoms with Crippen molar-refractivity contribution in [2.75, 3.05) is 27.3 Å². The van der Waals surface area contributed by atoms with E-state index in [-0.39, 0.29) is 10.5 Å².